The summed E-state index contributed by atoms with van der Waals surface area (Å²) < 4.78 is 0.677. The van der Waals surface area contributed by atoms with Gasteiger partial charge in [0, 0.05) is 36.8 Å². The van der Waals surface area contributed by atoms with E-state index in [0.29, 0.717) is 36.3 Å². The van der Waals surface area contributed by atoms with Crippen LogP contribution < -0.4 is 0 Å². The molecular formula is C13H16BrN3O3. The Labute approximate surface area is 125 Å². The Kier molecular flexibility index (Phi) is 5.08. The molecule has 6 nitrogen and oxygen atoms in total. The summed E-state index contributed by atoms with van der Waals surface area (Å²) in [7, 11) is 0. The maximum Gasteiger partial charge on any atom is 0.317 e. The van der Waals surface area contributed by atoms with Crippen LogP contribution in [0.15, 0.2) is 22.8 Å². The number of rotatable bonds is 3. The van der Waals surface area contributed by atoms with E-state index in [0.717, 1.165) is 6.42 Å². The summed E-state index contributed by atoms with van der Waals surface area (Å²) in [5.41, 5.74) is 0.402. The molecule has 2 rings (SSSR count). The first-order valence-corrected chi connectivity index (χ1v) is 7.21. The first kappa shape index (κ1) is 14.9. The fraction of sp³-hybridized carbons (Fsp3) is 0.462. The lowest BCUT2D eigenvalue weighted by molar-refractivity contribution is -0.138. The second-order valence-electron chi connectivity index (χ2n) is 4.65. The highest BCUT2D eigenvalue weighted by atomic mass is 79.9. The number of hydrogen-bond acceptors (Lipinski definition) is 4. The zero-order valence-corrected chi connectivity index (χ0v) is 12.5. The fourth-order valence-corrected chi connectivity index (χ4v) is 2.64. The van der Waals surface area contributed by atoms with Crippen molar-refractivity contribution < 1.29 is 14.7 Å². The minimum Gasteiger partial charge on any atom is -0.480 e. The monoisotopic (exact) mass is 341 g/mol. The lowest BCUT2D eigenvalue weighted by atomic mass is 10.3. The molecule has 2 heterocycles. The molecule has 0 unspecified atom stereocenters. The Morgan fingerprint density at radius 2 is 2.10 bits per heavy atom. The Balaban J connectivity index is 2.02. The van der Waals surface area contributed by atoms with E-state index in [1.807, 2.05) is 4.90 Å². The third kappa shape index (κ3) is 3.77. The highest BCUT2D eigenvalue weighted by Gasteiger charge is 2.23. The lowest BCUT2D eigenvalue weighted by Gasteiger charge is -2.21. The third-order valence-corrected chi connectivity index (χ3v) is 3.84. The van der Waals surface area contributed by atoms with Crippen molar-refractivity contribution in [3.05, 3.63) is 28.5 Å². The van der Waals surface area contributed by atoms with Gasteiger partial charge in [0.1, 0.15) is 5.69 Å². The third-order valence-electron chi connectivity index (χ3n) is 3.20. The van der Waals surface area contributed by atoms with E-state index in [1.54, 1.807) is 23.2 Å². The van der Waals surface area contributed by atoms with E-state index in [4.69, 9.17) is 5.11 Å². The Morgan fingerprint density at radius 3 is 2.80 bits per heavy atom. The van der Waals surface area contributed by atoms with Crippen molar-refractivity contribution in [2.75, 3.05) is 32.7 Å². The quantitative estimate of drug-likeness (QED) is 0.890. The van der Waals surface area contributed by atoms with Gasteiger partial charge in [0.05, 0.1) is 6.54 Å². The van der Waals surface area contributed by atoms with Gasteiger partial charge in [-0.25, -0.2) is 4.98 Å². The summed E-state index contributed by atoms with van der Waals surface area (Å²) in [6, 6.07) is 3.55. The molecule has 1 aromatic heterocycles. The van der Waals surface area contributed by atoms with Crippen LogP contribution in [0.5, 0.6) is 0 Å². The maximum atomic E-state index is 12.4. The van der Waals surface area contributed by atoms with Crippen LogP contribution in [0.1, 0.15) is 16.9 Å². The molecule has 1 amide bonds. The van der Waals surface area contributed by atoms with Gasteiger partial charge in [-0.3, -0.25) is 14.5 Å². The molecule has 0 bridgehead atoms. The van der Waals surface area contributed by atoms with E-state index in [9.17, 15) is 9.59 Å². The lowest BCUT2D eigenvalue weighted by Crippen LogP contribution is -2.37. The number of nitrogens with zero attached hydrogens (tertiary/aromatic N) is 3. The van der Waals surface area contributed by atoms with Crippen LogP contribution in [-0.4, -0.2) is 64.5 Å². The van der Waals surface area contributed by atoms with Crippen molar-refractivity contribution in [3.8, 4) is 0 Å². The average molecular weight is 342 g/mol. The number of carbonyl (C=O) groups is 2. The number of halogens is 1. The zero-order valence-electron chi connectivity index (χ0n) is 11.0. The van der Waals surface area contributed by atoms with E-state index < -0.39 is 5.97 Å². The van der Waals surface area contributed by atoms with Crippen molar-refractivity contribution in [2.45, 2.75) is 6.42 Å². The predicted molar refractivity (Wildman–Crippen MR) is 76.5 cm³/mol. The molecule has 0 spiro atoms. The molecule has 0 radical (unpaired) electrons. The molecule has 1 aromatic rings. The molecule has 7 heteroatoms. The molecule has 1 N–H and O–H groups in total. The molecular weight excluding hydrogens is 326 g/mol. The Hall–Kier alpha value is -1.47. The summed E-state index contributed by atoms with van der Waals surface area (Å²) in [4.78, 5) is 30.8. The topological polar surface area (TPSA) is 73.7 Å². The van der Waals surface area contributed by atoms with Gasteiger partial charge in [0.2, 0.25) is 0 Å². The molecule has 20 heavy (non-hydrogen) atoms. The number of pyridine rings is 1. The fourth-order valence-electron chi connectivity index (χ4n) is 2.22. The predicted octanol–water partition coefficient (Wildman–Crippen LogP) is 1.08. The van der Waals surface area contributed by atoms with Crippen molar-refractivity contribution in [1.29, 1.82) is 0 Å². The number of carboxylic acid groups (broad SMARTS) is 1. The number of hydrogen-bond donors (Lipinski definition) is 1. The SMILES string of the molecule is O=C(O)CN1CCCN(C(=O)c2ncccc2Br)CC1. The smallest absolute Gasteiger partial charge is 0.317 e. The van der Waals surface area contributed by atoms with Crippen LogP contribution in [0.4, 0.5) is 0 Å². The van der Waals surface area contributed by atoms with Gasteiger partial charge in [0.25, 0.3) is 5.91 Å². The minimum absolute atomic E-state index is 0.0231. The second-order valence-corrected chi connectivity index (χ2v) is 5.50. The van der Waals surface area contributed by atoms with Crippen molar-refractivity contribution in [3.63, 3.8) is 0 Å². The Morgan fingerprint density at radius 1 is 1.30 bits per heavy atom. The maximum absolute atomic E-state index is 12.4. The number of carboxylic acids is 1. The molecule has 1 saturated heterocycles. The normalized spacial score (nSPS) is 16.8. The summed E-state index contributed by atoms with van der Waals surface area (Å²) in [6.07, 6.45) is 2.36. The molecule has 0 aliphatic carbocycles. The number of aromatic nitrogens is 1. The first-order chi connectivity index (χ1) is 9.58. The van der Waals surface area contributed by atoms with Gasteiger partial charge in [-0.05, 0) is 34.5 Å². The summed E-state index contributed by atoms with van der Waals surface area (Å²) in [6.45, 7) is 2.43. The highest BCUT2D eigenvalue weighted by Crippen LogP contribution is 2.16. The molecule has 0 saturated carbocycles. The van der Waals surface area contributed by atoms with Crippen molar-refractivity contribution >= 4 is 27.8 Å². The van der Waals surface area contributed by atoms with Gasteiger partial charge < -0.3 is 10.0 Å². The van der Waals surface area contributed by atoms with E-state index in [-0.39, 0.29) is 12.5 Å². The van der Waals surface area contributed by atoms with Crippen LogP contribution in [-0.2, 0) is 4.79 Å². The van der Waals surface area contributed by atoms with E-state index >= 15 is 0 Å². The van der Waals surface area contributed by atoms with E-state index in [1.165, 1.54) is 0 Å². The summed E-state index contributed by atoms with van der Waals surface area (Å²) in [5, 5.41) is 8.81. The summed E-state index contributed by atoms with van der Waals surface area (Å²) >= 11 is 3.33. The van der Waals surface area contributed by atoms with Gasteiger partial charge in [-0.1, -0.05) is 0 Å². The van der Waals surface area contributed by atoms with Crippen LogP contribution in [0.2, 0.25) is 0 Å². The zero-order chi connectivity index (χ0) is 14.5. The molecule has 1 aliphatic heterocycles. The van der Waals surface area contributed by atoms with E-state index in [2.05, 4.69) is 20.9 Å². The van der Waals surface area contributed by atoms with Crippen LogP contribution in [0, 0.1) is 0 Å². The average Bonchev–Trinajstić information content (AvgIpc) is 2.63. The number of aliphatic carboxylic acids is 1. The first-order valence-electron chi connectivity index (χ1n) is 6.42. The summed E-state index contributed by atoms with van der Waals surface area (Å²) in [5.74, 6) is -0.952. The largest absolute Gasteiger partial charge is 0.480 e. The minimum atomic E-state index is -0.836. The highest BCUT2D eigenvalue weighted by molar-refractivity contribution is 9.10. The van der Waals surface area contributed by atoms with Gasteiger partial charge >= 0.3 is 5.97 Å². The molecule has 1 fully saturated rings. The van der Waals surface area contributed by atoms with Gasteiger partial charge in [0.15, 0.2) is 0 Å². The van der Waals surface area contributed by atoms with Crippen molar-refractivity contribution in [2.24, 2.45) is 0 Å². The second kappa shape index (κ2) is 6.81. The number of amides is 1. The van der Waals surface area contributed by atoms with Crippen LogP contribution >= 0.6 is 15.9 Å². The Bertz CT molecular complexity index is 509. The molecule has 108 valence electrons. The van der Waals surface area contributed by atoms with Gasteiger partial charge in [-0.2, -0.15) is 0 Å². The standard InChI is InChI=1S/C13H16BrN3O3/c14-10-3-1-4-15-12(10)13(20)17-6-2-5-16(7-8-17)9-11(18)19/h1,3-4H,2,5-9H2,(H,18,19). The van der Waals surface area contributed by atoms with Crippen molar-refractivity contribution in [1.82, 2.24) is 14.8 Å². The van der Waals surface area contributed by atoms with Crippen LogP contribution in [0.3, 0.4) is 0 Å². The van der Waals surface area contributed by atoms with Crippen LogP contribution in [0.25, 0.3) is 0 Å². The number of carbonyl (C=O) groups excluding carboxylic acids is 1. The molecule has 0 atom stereocenters. The molecule has 0 aromatic carbocycles. The molecule has 1 aliphatic rings. The van der Waals surface area contributed by atoms with Gasteiger partial charge in [-0.15, -0.1) is 0 Å².